The normalized spacial score (nSPS) is 17.9. The summed E-state index contributed by atoms with van der Waals surface area (Å²) in [6.07, 6.45) is 2.10. The van der Waals surface area contributed by atoms with Gasteiger partial charge < -0.3 is 24.2 Å². The van der Waals surface area contributed by atoms with Crippen LogP contribution in [0.2, 0.25) is 0 Å². The van der Waals surface area contributed by atoms with E-state index in [-0.39, 0.29) is 24.7 Å². The third-order valence-corrected chi connectivity index (χ3v) is 4.67. The molecule has 1 heterocycles. The molecule has 1 aromatic rings. The molecule has 0 saturated heterocycles. The van der Waals surface area contributed by atoms with E-state index in [4.69, 9.17) is 14.2 Å². The fourth-order valence-corrected chi connectivity index (χ4v) is 3.53. The van der Waals surface area contributed by atoms with Gasteiger partial charge in [0.1, 0.15) is 0 Å². The minimum Gasteiger partial charge on any atom is -0.493 e. The highest BCUT2D eigenvalue weighted by atomic mass is 16.5. The second-order valence-corrected chi connectivity index (χ2v) is 6.00. The fourth-order valence-electron chi connectivity index (χ4n) is 3.53. The highest BCUT2D eigenvalue weighted by molar-refractivity contribution is 5.69. The minimum atomic E-state index is -0.366. The van der Waals surface area contributed by atoms with Gasteiger partial charge in [-0.15, -0.1) is 0 Å². The minimum absolute atomic E-state index is 0.0137. The number of rotatable bonds is 6. The van der Waals surface area contributed by atoms with E-state index in [1.807, 2.05) is 12.1 Å². The van der Waals surface area contributed by atoms with Gasteiger partial charge in [-0.05, 0) is 36.1 Å². The second kappa shape index (κ2) is 8.24. The van der Waals surface area contributed by atoms with Gasteiger partial charge in [0.2, 0.25) is 0 Å². The first-order valence-corrected chi connectivity index (χ1v) is 8.31. The number of methoxy groups -OCH3 is 3. The zero-order valence-electron chi connectivity index (χ0n) is 14.9. The Bertz CT molecular complexity index is 575. The third kappa shape index (κ3) is 3.43. The van der Waals surface area contributed by atoms with Gasteiger partial charge in [-0.25, -0.2) is 4.79 Å². The van der Waals surface area contributed by atoms with Crippen molar-refractivity contribution in [1.82, 2.24) is 4.90 Å². The van der Waals surface area contributed by atoms with Crippen molar-refractivity contribution in [3.8, 4) is 11.5 Å². The van der Waals surface area contributed by atoms with Gasteiger partial charge in [-0.2, -0.15) is 0 Å². The topological polar surface area (TPSA) is 68.2 Å². The molecule has 0 aromatic heterocycles. The van der Waals surface area contributed by atoms with E-state index in [0.717, 1.165) is 24.0 Å². The molecule has 0 spiro atoms. The number of benzene rings is 1. The molecular formula is C18H27NO5. The van der Waals surface area contributed by atoms with Crippen LogP contribution in [0, 0.1) is 5.92 Å². The second-order valence-electron chi connectivity index (χ2n) is 6.00. The zero-order valence-corrected chi connectivity index (χ0v) is 14.9. The summed E-state index contributed by atoms with van der Waals surface area (Å²) in [6, 6.07) is 3.66. The molecule has 2 atom stereocenters. The van der Waals surface area contributed by atoms with Crippen molar-refractivity contribution in [2.75, 3.05) is 34.5 Å². The number of amides is 1. The van der Waals surface area contributed by atoms with Crippen molar-refractivity contribution in [3.05, 3.63) is 23.3 Å². The molecule has 6 nitrogen and oxygen atoms in total. The molecule has 0 bridgehead atoms. The molecule has 6 heteroatoms. The Hall–Kier alpha value is -1.95. The van der Waals surface area contributed by atoms with Gasteiger partial charge in [0, 0.05) is 19.1 Å². The number of aliphatic hydroxyl groups excluding tert-OH is 1. The van der Waals surface area contributed by atoms with Crippen LogP contribution in [0.1, 0.15) is 36.9 Å². The molecule has 0 fully saturated rings. The third-order valence-electron chi connectivity index (χ3n) is 4.67. The van der Waals surface area contributed by atoms with Crippen LogP contribution in [0.5, 0.6) is 11.5 Å². The van der Waals surface area contributed by atoms with Crippen molar-refractivity contribution >= 4 is 6.09 Å². The molecule has 134 valence electrons. The molecule has 1 aliphatic heterocycles. The van der Waals surface area contributed by atoms with Gasteiger partial charge in [0.25, 0.3) is 0 Å². The first kappa shape index (κ1) is 18.4. The molecule has 2 rings (SSSR count). The maximum absolute atomic E-state index is 12.3. The van der Waals surface area contributed by atoms with E-state index in [1.165, 1.54) is 7.11 Å². The van der Waals surface area contributed by atoms with Crippen molar-refractivity contribution in [2.45, 2.75) is 32.2 Å². The van der Waals surface area contributed by atoms with Crippen LogP contribution >= 0.6 is 0 Å². The summed E-state index contributed by atoms with van der Waals surface area (Å²) in [4.78, 5) is 14.0. The Balaban J connectivity index is 2.54. The summed E-state index contributed by atoms with van der Waals surface area (Å²) < 4.78 is 15.8. The molecule has 0 radical (unpaired) electrons. The molecular weight excluding hydrogens is 310 g/mol. The summed E-state index contributed by atoms with van der Waals surface area (Å²) in [5.41, 5.74) is 2.11. The first-order chi connectivity index (χ1) is 11.6. The molecule has 0 aliphatic carbocycles. The summed E-state index contributed by atoms with van der Waals surface area (Å²) in [5, 5.41) is 9.90. The van der Waals surface area contributed by atoms with E-state index < -0.39 is 0 Å². The fraction of sp³-hybridized carbons (Fsp3) is 0.611. The smallest absolute Gasteiger partial charge is 0.410 e. The highest BCUT2D eigenvalue weighted by Crippen LogP contribution is 2.42. The Morgan fingerprint density at radius 3 is 2.50 bits per heavy atom. The van der Waals surface area contributed by atoms with Crippen LogP contribution in [0.3, 0.4) is 0 Å². The average molecular weight is 337 g/mol. The number of hydrogen-bond donors (Lipinski definition) is 1. The largest absolute Gasteiger partial charge is 0.493 e. The molecule has 1 aliphatic rings. The number of carbonyl (C=O) groups excluding carboxylic acids is 1. The van der Waals surface area contributed by atoms with Crippen LogP contribution in [0.4, 0.5) is 4.79 Å². The van der Waals surface area contributed by atoms with Crippen molar-refractivity contribution in [1.29, 1.82) is 0 Å². The summed E-state index contributed by atoms with van der Waals surface area (Å²) in [6.45, 7) is 2.64. The molecule has 1 aromatic carbocycles. The predicted octanol–water partition coefficient (Wildman–Crippen LogP) is 2.78. The van der Waals surface area contributed by atoms with E-state index >= 15 is 0 Å². The molecule has 1 N–H and O–H groups in total. The first-order valence-electron chi connectivity index (χ1n) is 8.31. The zero-order chi connectivity index (χ0) is 17.7. The number of hydrogen-bond acceptors (Lipinski definition) is 5. The van der Waals surface area contributed by atoms with Crippen LogP contribution < -0.4 is 9.47 Å². The maximum atomic E-state index is 12.3. The number of ether oxygens (including phenoxy) is 3. The molecule has 24 heavy (non-hydrogen) atoms. The van der Waals surface area contributed by atoms with Gasteiger partial charge in [-0.1, -0.05) is 13.3 Å². The van der Waals surface area contributed by atoms with Gasteiger partial charge in [-0.3, -0.25) is 0 Å². The van der Waals surface area contributed by atoms with E-state index in [1.54, 1.807) is 19.1 Å². The van der Waals surface area contributed by atoms with Crippen LogP contribution in [-0.2, 0) is 11.2 Å². The number of aliphatic hydroxyl groups is 1. The average Bonchev–Trinajstić information content (AvgIpc) is 2.63. The number of fused-ring (bicyclic) bond motifs is 1. The van der Waals surface area contributed by atoms with E-state index in [9.17, 15) is 9.90 Å². The lowest BCUT2D eigenvalue weighted by Gasteiger charge is -2.40. The number of nitrogens with zero attached hydrogens (tertiary/aromatic N) is 1. The lowest BCUT2D eigenvalue weighted by atomic mass is 9.83. The van der Waals surface area contributed by atoms with Gasteiger partial charge in [0.15, 0.2) is 11.5 Å². The van der Waals surface area contributed by atoms with Crippen LogP contribution in [0.15, 0.2) is 12.1 Å². The van der Waals surface area contributed by atoms with Gasteiger partial charge >= 0.3 is 6.09 Å². The Morgan fingerprint density at radius 1 is 1.29 bits per heavy atom. The monoisotopic (exact) mass is 337 g/mol. The van der Waals surface area contributed by atoms with Gasteiger partial charge in [0.05, 0.1) is 27.4 Å². The summed E-state index contributed by atoms with van der Waals surface area (Å²) in [7, 11) is 4.59. The van der Waals surface area contributed by atoms with Crippen molar-refractivity contribution < 1.29 is 24.1 Å². The van der Waals surface area contributed by atoms with E-state index in [0.29, 0.717) is 24.5 Å². The SMILES string of the molecule is CCC[C@@H](CO)[C@@H]1c2cc(OC)c(OC)cc2CCN1C(=O)OC. The van der Waals surface area contributed by atoms with Crippen LogP contribution in [-0.4, -0.2) is 50.6 Å². The Labute approximate surface area is 143 Å². The predicted molar refractivity (Wildman–Crippen MR) is 90.6 cm³/mol. The lowest BCUT2D eigenvalue weighted by molar-refractivity contribution is 0.0627. The summed E-state index contributed by atoms with van der Waals surface area (Å²) >= 11 is 0. The Morgan fingerprint density at radius 2 is 1.96 bits per heavy atom. The number of carbonyl (C=O) groups is 1. The quantitative estimate of drug-likeness (QED) is 0.864. The molecule has 1 amide bonds. The van der Waals surface area contributed by atoms with Crippen molar-refractivity contribution in [2.24, 2.45) is 5.92 Å². The molecule has 0 saturated carbocycles. The van der Waals surface area contributed by atoms with E-state index in [2.05, 4.69) is 6.92 Å². The maximum Gasteiger partial charge on any atom is 0.410 e. The van der Waals surface area contributed by atoms with Crippen LogP contribution in [0.25, 0.3) is 0 Å². The lowest BCUT2D eigenvalue weighted by Crippen LogP contribution is -2.44. The standard InChI is InChI=1S/C18H27NO5/c1-5-6-13(11-20)17-14-10-16(23-3)15(22-2)9-12(14)7-8-19(17)18(21)24-4/h9-10,13,17,20H,5-8,11H2,1-4H3/t13-,17+/m0/s1. The van der Waals surface area contributed by atoms with Crippen molar-refractivity contribution in [3.63, 3.8) is 0 Å². The highest BCUT2D eigenvalue weighted by Gasteiger charge is 2.37. The Kier molecular flexibility index (Phi) is 6.31. The molecule has 0 unspecified atom stereocenters. The summed E-state index contributed by atoms with van der Waals surface area (Å²) in [5.74, 6) is 1.25.